The standard InChI is InChI=1S/C77H143NO8/c1-3-5-7-9-11-13-15-17-19-21-23-25-27-29-30-31-32-33-34-35-36-37-38-39-40-41-42-43-45-47-49-51-53-55-57-59-61-63-65-67-73(81)78-70(69-85-77-76(84)75(83)74(82)72(68-79)86-77)71(80)66-64-62-60-58-56-54-52-50-48-46-44-28-26-24-22-20-18-16-14-12-10-8-6-4-2/h5,7,11,13,17,19,23,25,64,66,70-72,74-77,79-80,82-84H,3-4,6,8-10,12,14-16,18,20-22,24,26-63,65,67-69H2,1-2H3,(H,78,81)/b7-5-,13-11-,19-17-,25-23-,66-64+. The van der Waals surface area contributed by atoms with Crippen LogP contribution in [0.3, 0.4) is 0 Å². The molecule has 1 amide bonds. The fraction of sp³-hybridized carbons (Fsp3) is 0.857. The van der Waals surface area contributed by atoms with Crippen molar-refractivity contribution >= 4 is 5.91 Å². The summed E-state index contributed by atoms with van der Waals surface area (Å²) in [6.07, 6.45) is 84.9. The van der Waals surface area contributed by atoms with Crippen LogP contribution in [0, 0.1) is 0 Å². The van der Waals surface area contributed by atoms with Crippen molar-refractivity contribution in [2.24, 2.45) is 0 Å². The average molecular weight is 1210 g/mol. The predicted octanol–water partition coefficient (Wildman–Crippen LogP) is 20.9. The van der Waals surface area contributed by atoms with Gasteiger partial charge in [0.25, 0.3) is 0 Å². The van der Waals surface area contributed by atoms with E-state index in [0.29, 0.717) is 6.42 Å². The van der Waals surface area contributed by atoms with E-state index in [4.69, 9.17) is 9.47 Å². The third-order valence-electron chi connectivity index (χ3n) is 17.8. The summed E-state index contributed by atoms with van der Waals surface area (Å²) in [6.45, 7) is 3.72. The van der Waals surface area contributed by atoms with Gasteiger partial charge in [-0.1, -0.05) is 364 Å². The highest BCUT2D eigenvalue weighted by Gasteiger charge is 2.44. The highest BCUT2D eigenvalue weighted by atomic mass is 16.7. The van der Waals surface area contributed by atoms with Gasteiger partial charge in [0.2, 0.25) is 5.91 Å². The summed E-state index contributed by atoms with van der Waals surface area (Å²) in [5, 5.41) is 54.8. The molecule has 7 atom stereocenters. The minimum Gasteiger partial charge on any atom is -0.394 e. The molecular weight excluding hydrogens is 1070 g/mol. The van der Waals surface area contributed by atoms with Crippen LogP contribution in [0.15, 0.2) is 60.8 Å². The van der Waals surface area contributed by atoms with Crippen molar-refractivity contribution < 1.29 is 39.8 Å². The van der Waals surface area contributed by atoms with E-state index in [1.54, 1.807) is 6.08 Å². The van der Waals surface area contributed by atoms with E-state index in [2.05, 4.69) is 67.8 Å². The van der Waals surface area contributed by atoms with Gasteiger partial charge in [0, 0.05) is 6.42 Å². The lowest BCUT2D eigenvalue weighted by Gasteiger charge is -2.40. The number of hydrogen-bond donors (Lipinski definition) is 6. The van der Waals surface area contributed by atoms with E-state index in [9.17, 15) is 30.3 Å². The smallest absolute Gasteiger partial charge is 0.220 e. The Morgan fingerprint density at radius 1 is 0.407 bits per heavy atom. The molecule has 504 valence electrons. The van der Waals surface area contributed by atoms with Crippen LogP contribution in [0.2, 0.25) is 0 Å². The third kappa shape index (κ3) is 53.7. The van der Waals surface area contributed by atoms with Gasteiger partial charge >= 0.3 is 0 Å². The number of nitrogens with one attached hydrogen (secondary N) is 1. The summed E-state index contributed by atoms with van der Waals surface area (Å²) in [5.74, 6) is -0.169. The quantitative estimate of drug-likeness (QED) is 0.0261. The number of hydrogen-bond acceptors (Lipinski definition) is 8. The van der Waals surface area contributed by atoms with E-state index in [0.717, 1.165) is 64.2 Å². The average Bonchev–Trinajstić information content (AvgIpc) is 3.55. The Labute approximate surface area is 532 Å². The molecule has 0 aliphatic carbocycles. The van der Waals surface area contributed by atoms with Gasteiger partial charge in [-0.2, -0.15) is 0 Å². The highest BCUT2D eigenvalue weighted by Crippen LogP contribution is 2.24. The first-order valence-corrected chi connectivity index (χ1v) is 37.5. The predicted molar refractivity (Wildman–Crippen MR) is 369 cm³/mol. The number of aliphatic hydroxyl groups is 5. The molecule has 9 nitrogen and oxygen atoms in total. The zero-order valence-electron chi connectivity index (χ0n) is 56.6. The van der Waals surface area contributed by atoms with Gasteiger partial charge in [0.05, 0.1) is 25.4 Å². The normalized spacial score (nSPS) is 18.3. The molecule has 1 rings (SSSR count). The topological polar surface area (TPSA) is 149 Å². The molecule has 86 heavy (non-hydrogen) atoms. The van der Waals surface area contributed by atoms with Gasteiger partial charge < -0.3 is 40.3 Å². The van der Waals surface area contributed by atoms with E-state index in [1.165, 1.54) is 283 Å². The maximum absolute atomic E-state index is 13.1. The van der Waals surface area contributed by atoms with Crippen molar-refractivity contribution in [3.63, 3.8) is 0 Å². The Hall–Kier alpha value is -2.11. The summed E-state index contributed by atoms with van der Waals surface area (Å²) in [5.41, 5.74) is 0. The van der Waals surface area contributed by atoms with Gasteiger partial charge in [-0.05, 0) is 57.8 Å². The molecule has 0 aromatic carbocycles. The maximum Gasteiger partial charge on any atom is 0.220 e. The number of ether oxygens (including phenoxy) is 2. The Kier molecular flexibility index (Phi) is 62.7. The van der Waals surface area contributed by atoms with Crippen LogP contribution < -0.4 is 5.32 Å². The van der Waals surface area contributed by atoms with Crippen LogP contribution in [0.1, 0.15) is 367 Å². The minimum absolute atomic E-state index is 0.169. The van der Waals surface area contributed by atoms with E-state index >= 15 is 0 Å². The fourth-order valence-electron chi connectivity index (χ4n) is 12.0. The number of carbonyl (C=O) groups excluding carboxylic acids is 1. The number of carbonyl (C=O) groups is 1. The summed E-state index contributed by atoms with van der Waals surface area (Å²) < 4.78 is 11.3. The Morgan fingerprint density at radius 3 is 1.07 bits per heavy atom. The molecule has 1 aliphatic rings. The van der Waals surface area contributed by atoms with E-state index < -0.39 is 49.5 Å². The molecule has 0 saturated carbocycles. The summed E-state index contributed by atoms with van der Waals surface area (Å²) in [4.78, 5) is 13.1. The zero-order chi connectivity index (χ0) is 62.1. The molecule has 1 saturated heterocycles. The van der Waals surface area contributed by atoms with Crippen molar-refractivity contribution in [2.75, 3.05) is 13.2 Å². The van der Waals surface area contributed by atoms with Gasteiger partial charge in [-0.15, -0.1) is 0 Å². The molecule has 9 heteroatoms. The van der Waals surface area contributed by atoms with Crippen molar-refractivity contribution in [3.05, 3.63) is 60.8 Å². The van der Waals surface area contributed by atoms with Crippen molar-refractivity contribution in [1.29, 1.82) is 0 Å². The molecule has 1 heterocycles. The summed E-state index contributed by atoms with van der Waals surface area (Å²) in [7, 11) is 0. The van der Waals surface area contributed by atoms with Crippen LogP contribution in [0.25, 0.3) is 0 Å². The van der Waals surface area contributed by atoms with Gasteiger partial charge in [0.15, 0.2) is 6.29 Å². The highest BCUT2D eigenvalue weighted by molar-refractivity contribution is 5.76. The molecule has 1 aliphatic heterocycles. The molecule has 0 spiro atoms. The lowest BCUT2D eigenvalue weighted by Crippen LogP contribution is -2.60. The number of allylic oxidation sites excluding steroid dienone is 9. The lowest BCUT2D eigenvalue weighted by atomic mass is 9.99. The maximum atomic E-state index is 13.1. The monoisotopic (exact) mass is 1210 g/mol. The summed E-state index contributed by atoms with van der Waals surface area (Å²) >= 11 is 0. The Bertz CT molecular complexity index is 1540. The van der Waals surface area contributed by atoms with Crippen LogP contribution in [-0.2, 0) is 14.3 Å². The lowest BCUT2D eigenvalue weighted by molar-refractivity contribution is -0.302. The van der Waals surface area contributed by atoms with Crippen molar-refractivity contribution in [1.82, 2.24) is 5.32 Å². The first-order valence-electron chi connectivity index (χ1n) is 37.5. The second kappa shape index (κ2) is 65.8. The number of aliphatic hydroxyl groups excluding tert-OH is 5. The van der Waals surface area contributed by atoms with E-state index in [-0.39, 0.29) is 12.5 Å². The third-order valence-corrected chi connectivity index (χ3v) is 17.8. The van der Waals surface area contributed by atoms with Crippen LogP contribution in [0.5, 0.6) is 0 Å². The molecule has 0 radical (unpaired) electrons. The zero-order valence-corrected chi connectivity index (χ0v) is 56.6. The molecule has 7 unspecified atom stereocenters. The fourth-order valence-corrected chi connectivity index (χ4v) is 12.0. The largest absolute Gasteiger partial charge is 0.394 e. The molecular formula is C77H143NO8. The molecule has 0 bridgehead atoms. The van der Waals surface area contributed by atoms with Gasteiger partial charge in [-0.25, -0.2) is 0 Å². The molecule has 0 aromatic rings. The minimum atomic E-state index is -1.57. The first-order chi connectivity index (χ1) is 42.3. The molecule has 0 aromatic heterocycles. The molecule has 1 fully saturated rings. The SMILES string of the molecule is CC/C=C\C/C=C\C/C=C\C/C=C\CCCCCCCCCCCCCCCCCCCCCCCCCCCCC(=O)NC(COC1OC(CO)C(O)C(O)C1O)C(O)/C=C/CCCCCCCCCCCCCCCCCCCCCCCC. The Balaban J connectivity index is 2.06. The number of amides is 1. The number of rotatable bonds is 66. The van der Waals surface area contributed by atoms with Gasteiger partial charge in [-0.3, -0.25) is 4.79 Å². The van der Waals surface area contributed by atoms with E-state index in [1.807, 2.05) is 6.08 Å². The first kappa shape index (κ1) is 81.9. The Morgan fingerprint density at radius 2 is 0.721 bits per heavy atom. The van der Waals surface area contributed by atoms with Crippen LogP contribution in [-0.4, -0.2) is 87.5 Å². The van der Waals surface area contributed by atoms with Crippen LogP contribution in [0.4, 0.5) is 0 Å². The van der Waals surface area contributed by atoms with Crippen molar-refractivity contribution in [2.45, 2.75) is 410 Å². The van der Waals surface area contributed by atoms with Crippen molar-refractivity contribution in [3.8, 4) is 0 Å². The number of unbranched alkanes of at least 4 members (excludes halogenated alkanes) is 48. The van der Waals surface area contributed by atoms with Gasteiger partial charge in [0.1, 0.15) is 24.4 Å². The summed E-state index contributed by atoms with van der Waals surface area (Å²) in [6, 6.07) is -0.805. The second-order valence-corrected chi connectivity index (χ2v) is 26.1. The molecule has 6 N–H and O–H groups in total. The van der Waals surface area contributed by atoms with Crippen LogP contribution >= 0.6 is 0 Å². The second-order valence-electron chi connectivity index (χ2n) is 26.1.